The van der Waals surface area contributed by atoms with Gasteiger partial charge in [-0.05, 0) is 56.6 Å². The topological polar surface area (TPSA) is 103 Å². The van der Waals surface area contributed by atoms with Gasteiger partial charge in [-0.1, -0.05) is 5.21 Å². The van der Waals surface area contributed by atoms with Gasteiger partial charge in [-0.2, -0.15) is 10.1 Å². The summed E-state index contributed by atoms with van der Waals surface area (Å²) in [6, 6.07) is 4.33. The molecule has 1 saturated heterocycles. The van der Waals surface area contributed by atoms with E-state index in [-0.39, 0.29) is 23.9 Å². The molecule has 1 fully saturated rings. The molecule has 0 unspecified atom stereocenters. The number of hydrogen-bond acceptors (Lipinski definition) is 6. The number of nitrogens with one attached hydrogen (secondary N) is 2. The van der Waals surface area contributed by atoms with Crippen molar-refractivity contribution in [1.82, 2.24) is 35.1 Å². The Labute approximate surface area is 173 Å². The molecule has 1 aliphatic rings. The van der Waals surface area contributed by atoms with Gasteiger partial charge in [0.2, 0.25) is 5.95 Å². The monoisotopic (exact) mass is 420 g/mol. The highest BCUT2D eigenvalue weighted by Crippen LogP contribution is 2.23. The summed E-state index contributed by atoms with van der Waals surface area (Å²) >= 11 is 0. The Morgan fingerprint density at radius 3 is 2.79 bits per heavy atom. The van der Waals surface area contributed by atoms with Crippen LogP contribution in [0.25, 0.3) is 5.69 Å². The molecule has 11 heteroatoms. The molecule has 0 bridgehead atoms. The van der Waals surface area contributed by atoms with Gasteiger partial charge in [-0.25, -0.2) is 13.8 Å². The lowest BCUT2D eigenvalue weighted by Crippen LogP contribution is -2.27. The maximum atomic E-state index is 13.3. The zero-order valence-corrected chi connectivity index (χ0v) is 16.9. The average Bonchev–Trinajstić information content (AvgIpc) is 3.30. The second-order valence-electron chi connectivity index (χ2n) is 6.87. The number of carbonyl (C=O) groups is 1. The van der Waals surface area contributed by atoms with Crippen LogP contribution in [0.4, 0.5) is 10.3 Å². The van der Waals surface area contributed by atoms with Gasteiger partial charge in [0, 0.05) is 13.0 Å². The molecule has 9 nitrogen and oxygen atoms in total. The minimum Gasteiger partial charge on any atom is -0.317 e. The Bertz CT molecular complexity index is 1010. The fourth-order valence-corrected chi connectivity index (χ4v) is 3.29. The Morgan fingerprint density at radius 1 is 1.31 bits per heavy atom. The molecule has 0 radical (unpaired) electrons. The number of amides is 1. The maximum absolute atomic E-state index is 13.3. The fourth-order valence-electron chi connectivity index (χ4n) is 3.29. The van der Waals surface area contributed by atoms with Crippen LogP contribution < -0.4 is 10.6 Å². The second kappa shape index (κ2) is 8.66. The van der Waals surface area contributed by atoms with E-state index in [1.165, 1.54) is 23.0 Å². The van der Waals surface area contributed by atoms with E-state index in [2.05, 4.69) is 31.0 Å². The van der Waals surface area contributed by atoms with Crippen molar-refractivity contribution in [2.75, 3.05) is 18.4 Å². The highest BCUT2D eigenvalue weighted by molar-refractivity contribution is 6.01. The number of carbonyl (C=O) groups excluding carboxylic acids is 1. The Morgan fingerprint density at radius 2 is 2.07 bits per heavy atom. The maximum Gasteiger partial charge on any atom is 0.280 e. The van der Waals surface area contributed by atoms with Gasteiger partial charge in [-0.3, -0.25) is 10.1 Å². The van der Waals surface area contributed by atoms with E-state index in [0.717, 1.165) is 31.8 Å². The number of aryl methyl sites for hydroxylation is 2. The van der Waals surface area contributed by atoms with Crippen molar-refractivity contribution in [2.45, 2.75) is 25.7 Å². The zero-order chi connectivity index (χ0) is 19.7. The van der Waals surface area contributed by atoms with Crippen LogP contribution in [0.1, 0.15) is 40.6 Å². The molecular formula is C18H22ClFN8O. The quantitative estimate of drug-likeness (QED) is 0.669. The Hall–Kier alpha value is -2.85. The lowest BCUT2D eigenvalue weighted by atomic mass is 9.98. The SMILES string of the molecule is Cc1cc(F)ccc1-n1cc(C(=O)Nc2nc(C3CCNCC3)nn2C)nn1.Cl. The van der Waals surface area contributed by atoms with Crippen LogP contribution in [0.3, 0.4) is 0 Å². The number of anilines is 1. The van der Waals surface area contributed by atoms with E-state index in [4.69, 9.17) is 0 Å². The molecule has 29 heavy (non-hydrogen) atoms. The number of benzene rings is 1. The van der Waals surface area contributed by atoms with Crippen LogP contribution in [0.5, 0.6) is 0 Å². The molecule has 0 aliphatic carbocycles. The molecule has 2 N–H and O–H groups in total. The van der Waals surface area contributed by atoms with Gasteiger partial charge in [0.15, 0.2) is 11.5 Å². The van der Waals surface area contributed by atoms with Gasteiger partial charge < -0.3 is 5.32 Å². The van der Waals surface area contributed by atoms with E-state index < -0.39 is 5.91 Å². The summed E-state index contributed by atoms with van der Waals surface area (Å²) in [5, 5.41) is 18.4. The van der Waals surface area contributed by atoms with Crippen LogP contribution in [0.2, 0.25) is 0 Å². The number of nitrogens with zero attached hydrogens (tertiary/aromatic N) is 6. The van der Waals surface area contributed by atoms with E-state index in [1.54, 1.807) is 24.7 Å². The molecule has 1 aliphatic heterocycles. The fraction of sp³-hybridized carbons (Fsp3) is 0.389. The predicted octanol–water partition coefficient (Wildman–Crippen LogP) is 1.98. The number of rotatable bonds is 4. The molecule has 154 valence electrons. The largest absolute Gasteiger partial charge is 0.317 e. The smallest absolute Gasteiger partial charge is 0.280 e. The molecule has 1 aromatic carbocycles. The van der Waals surface area contributed by atoms with E-state index >= 15 is 0 Å². The van der Waals surface area contributed by atoms with Crippen LogP contribution in [-0.2, 0) is 7.05 Å². The molecule has 3 heterocycles. The third-order valence-corrected chi connectivity index (χ3v) is 4.84. The second-order valence-corrected chi connectivity index (χ2v) is 6.87. The summed E-state index contributed by atoms with van der Waals surface area (Å²) in [5.41, 5.74) is 1.48. The number of piperidine rings is 1. The van der Waals surface area contributed by atoms with Crippen molar-refractivity contribution in [2.24, 2.45) is 7.05 Å². The standard InChI is InChI=1S/C18H21FN8O.ClH/c1-11-9-13(19)3-4-15(11)27-10-14(23-25-27)17(28)22-18-21-16(24-26(18)2)12-5-7-20-8-6-12;/h3-4,9-10,12,20H,5-8H2,1-2H3,(H,21,22,24,28);1H. The van der Waals surface area contributed by atoms with Crippen molar-refractivity contribution in [3.05, 3.63) is 47.3 Å². The minimum absolute atomic E-state index is 0. The molecule has 2 aromatic heterocycles. The van der Waals surface area contributed by atoms with E-state index in [0.29, 0.717) is 23.1 Å². The summed E-state index contributed by atoms with van der Waals surface area (Å²) in [7, 11) is 1.74. The highest BCUT2D eigenvalue weighted by Gasteiger charge is 2.22. The Balaban J connectivity index is 0.00000240. The lowest BCUT2D eigenvalue weighted by Gasteiger charge is -2.19. The van der Waals surface area contributed by atoms with E-state index in [1.807, 2.05) is 0 Å². The van der Waals surface area contributed by atoms with E-state index in [9.17, 15) is 9.18 Å². The molecule has 4 rings (SSSR count). The third kappa shape index (κ3) is 4.43. The van der Waals surface area contributed by atoms with Crippen molar-refractivity contribution >= 4 is 24.3 Å². The molecule has 1 amide bonds. The summed E-state index contributed by atoms with van der Waals surface area (Å²) in [6.45, 7) is 3.65. The number of hydrogen-bond donors (Lipinski definition) is 2. The third-order valence-electron chi connectivity index (χ3n) is 4.84. The minimum atomic E-state index is -0.432. The van der Waals surface area contributed by atoms with Crippen molar-refractivity contribution in [1.29, 1.82) is 0 Å². The molecule has 0 saturated carbocycles. The lowest BCUT2D eigenvalue weighted by molar-refractivity contribution is 0.102. The van der Waals surface area contributed by atoms with Crippen molar-refractivity contribution in [3.63, 3.8) is 0 Å². The van der Waals surface area contributed by atoms with Crippen molar-refractivity contribution < 1.29 is 9.18 Å². The first kappa shape index (κ1) is 20.9. The average molecular weight is 421 g/mol. The molecule has 0 spiro atoms. The number of aromatic nitrogens is 6. The Kier molecular flexibility index (Phi) is 6.23. The molecule has 3 aromatic rings. The first-order valence-corrected chi connectivity index (χ1v) is 9.13. The van der Waals surface area contributed by atoms with Gasteiger partial charge in [0.25, 0.3) is 5.91 Å². The van der Waals surface area contributed by atoms with Gasteiger partial charge in [-0.15, -0.1) is 17.5 Å². The highest BCUT2D eigenvalue weighted by atomic mass is 35.5. The first-order valence-electron chi connectivity index (χ1n) is 9.13. The first-order chi connectivity index (χ1) is 13.5. The van der Waals surface area contributed by atoms with Gasteiger partial charge in [0.05, 0.1) is 11.9 Å². The summed E-state index contributed by atoms with van der Waals surface area (Å²) in [4.78, 5) is 17.0. The van der Waals surface area contributed by atoms with Crippen LogP contribution in [0.15, 0.2) is 24.4 Å². The molecular weight excluding hydrogens is 399 g/mol. The summed E-state index contributed by atoms with van der Waals surface area (Å²) in [6.07, 6.45) is 3.45. The van der Waals surface area contributed by atoms with Gasteiger partial charge in [0.1, 0.15) is 5.82 Å². The van der Waals surface area contributed by atoms with Crippen LogP contribution >= 0.6 is 12.4 Å². The van der Waals surface area contributed by atoms with Crippen molar-refractivity contribution in [3.8, 4) is 5.69 Å². The normalized spacial score (nSPS) is 14.4. The summed E-state index contributed by atoms with van der Waals surface area (Å²) in [5.74, 6) is 0.640. The number of halogens is 2. The van der Waals surface area contributed by atoms with Crippen LogP contribution in [-0.4, -0.2) is 48.8 Å². The summed E-state index contributed by atoms with van der Waals surface area (Å²) < 4.78 is 16.3. The van der Waals surface area contributed by atoms with Gasteiger partial charge >= 0.3 is 0 Å². The molecule has 0 atom stereocenters. The zero-order valence-electron chi connectivity index (χ0n) is 16.1. The van der Waals surface area contributed by atoms with Crippen LogP contribution in [0, 0.1) is 12.7 Å². The predicted molar refractivity (Wildman–Crippen MR) is 107 cm³/mol.